The molecule has 26 heavy (non-hydrogen) atoms. The van der Waals surface area contributed by atoms with Crippen LogP contribution in [-0.2, 0) is 16.0 Å². The van der Waals surface area contributed by atoms with Crippen LogP contribution in [0.5, 0.6) is 0 Å². The maximum absolute atomic E-state index is 12.2. The maximum Gasteiger partial charge on any atom is 0.239 e. The average Bonchev–Trinajstić information content (AvgIpc) is 2.63. The second-order valence-corrected chi connectivity index (χ2v) is 6.86. The van der Waals surface area contributed by atoms with Crippen LogP contribution in [0.2, 0.25) is 5.02 Å². The van der Waals surface area contributed by atoms with Crippen molar-refractivity contribution in [1.29, 1.82) is 0 Å². The van der Waals surface area contributed by atoms with Crippen LogP contribution in [0.3, 0.4) is 0 Å². The number of benzene rings is 2. The van der Waals surface area contributed by atoms with Crippen molar-refractivity contribution in [2.45, 2.75) is 19.8 Å². The van der Waals surface area contributed by atoms with E-state index in [1.807, 2.05) is 54.3 Å². The molecule has 0 spiro atoms. The molecule has 136 valence electrons. The molecule has 1 fully saturated rings. The van der Waals surface area contributed by atoms with Crippen molar-refractivity contribution in [1.82, 2.24) is 5.32 Å². The fourth-order valence-corrected chi connectivity index (χ4v) is 3.09. The SMILES string of the molecule is Cc1ccc(CCC(=O)Nc2ccc(N3CCNC(=O)C3)cc2)cc1Cl. The van der Waals surface area contributed by atoms with Crippen LogP contribution >= 0.6 is 11.6 Å². The molecule has 0 unspecified atom stereocenters. The van der Waals surface area contributed by atoms with Crippen LogP contribution in [0.15, 0.2) is 42.5 Å². The fourth-order valence-electron chi connectivity index (χ4n) is 2.89. The number of halogens is 1. The molecule has 0 aliphatic carbocycles. The Morgan fingerprint density at radius 2 is 2.00 bits per heavy atom. The van der Waals surface area contributed by atoms with Gasteiger partial charge in [-0.3, -0.25) is 9.59 Å². The van der Waals surface area contributed by atoms with E-state index in [2.05, 4.69) is 10.6 Å². The molecule has 0 bridgehead atoms. The molecule has 1 heterocycles. The zero-order valence-corrected chi connectivity index (χ0v) is 15.5. The van der Waals surface area contributed by atoms with Gasteiger partial charge in [0.1, 0.15) is 0 Å². The molecule has 1 aliphatic rings. The molecule has 2 aromatic rings. The summed E-state index contributed by atoms with van der Waals surface area (Å²) in [5.74, 6) is -0.00311. The third kappa shape index (κ3) is 4.76. The maximum atomic E-state index is 12.2. The van der Waals surface area contributed by atoms with Crippen LogP contribution in [0.4, 0.5) is 11.4 Å². The molecule has 0 aromatic heterocycles. The van der Waals surface area contributed by atoms with Gasteiger partial charge in [-0.2, -0.15) is 0 Å². The fraction of sp³-hybridized carbons (Fsp3) is 0.300. The normalized spacial score (nSPS) is 14.1. The zero-order valence-electron chi connectivity index (χ0n) is 14.7. The summed E-state index contributed by atoms with van der Waals surface area (Å²) in [6.07, 6.45) is 1.04. The monoisotopic (exact) mass is 371 g/mol. The Morgan fingerprint density at radius 3 is 2.69 bits per heavy atom. The van der Waals surface area contributed by atoms with Gasteiger partial charge in [0.05, 0.1) is 6.54 Å². The summed E-state index contributed by atoms with van der Waals surface area (Å²) >= 11 is 6.12. The molecule has 0 saturated carbocycles. The molecule has 0 atom stereocenters. The highest BCUT2D eigenvalue weighted by atomic mass is 35.5. The highest BCUT2D eigenvalue weighted by Crippen LogP contribution is 2.20. The number of amides is 2. The minimum atomic E-state index is -0.0354. The summed E-state index contributed by atoms with van der Waals surface area (Å²) in [5, 5.41) is 6.44. The Labute approximate surface area is 158 Å². The highest BCUT2D eigenvalue weighted by molar-refractivity contribution is 6.31. The van der Waals surface area contributed by atoms with Crippen molar-refractivity contribution >= 4 is 34.8 Å². The quantitative estimate of drug-likeness (QED) is 0.848. The first kappa shape index (κ1) is 18.3. The van der Waals surface area contributed by atoms with Gasteiger partial charge in [-0.05, 0) is 54.8 Å². The largest absolute Gasteiger partial charge is 0.360 e. The summed E-state index contributed by atoms with van der Waals surface area (Å²) in [4.78, 5) is 25.6. The number of carbonyl (C=O) groups excluding carboxylic acids is 2. The van der Waals surface area contributed by atoms with E-state index in [9.17, 15) is 9.59 Å². The van der Waals surface area contributed by atoms with Crippen molar-refractivity contribution in [2.24, 2.45) is 0 Å². The van der Waals surface area contributed by atoms with E-state index in [-0.39, 0.29) is 11.8 Å². The van der Waals surface area contributed by atoms with Crippen molar-refractivity contribution in [3.63, 3.8) is 0 Å². The molecule has 1 saturated heterocycles. The number of hydrogen-bond acceptors (Lipinski definition) is 3. The second kappa shape index (κ2) is 8.23. The van der Waals surface area contributed by atoms with Gasteiger partial charge >= 0.3 is 0 Å². The molecular weight excluding hydrogens is 350 g/mol. The lowest BCUT2D eigenvalue weighted by Crippen LogP contribution is -2.47. The Morgan fingerprint density at radius 1 is 1.23 bits per heavy atom. The number of anilines is 2. The number of hydrogen-bond donors (Lipinski definition) is 2. The number of carbonyl (C=O) groups is 2. The number of rotatable bonds is 5. The molecule has 1 aliphatic heterocycles. The predicted molar refractivity (Wildman–Crippen MR) is 105 cm³/mol. The number of aryl methyl sites for hydroxylation is 2. The summed E-state index contributed by atoms with van der Waals surface area (Å²) in [6, 6.07) is 13.5. The van der Waals surface area contributed by atoms with Gasteiger partial charge in [-0.15, -0.1) is 0 Å². The van der Waals surface area contributed by atoms with Crippen LogP contribution in [0.25, 0.3) is 0 Å². The molecule has 6 heteroatoms. The van der Waals surface area contributed by atoms with Gasteiger partial charge < -0.3 is 15.5 Å². The molecule has 3 rings (SSSR count). The number of nitrogens with one attached hydrogen (secondary N) is 2. The van der Waals surface area contributed by atoms with Crippen LogP contribution in [-0.4, -0.2) is 31.4 Å². The summed E-state index contributed by atoms with van der Waals surface area (Å²) in [5.41, 5.74) is 3.81. The average molecular weight is 372 g/mol. The Hall–Kier alpha value is -2.53. The topological polar surface area (TPSA) is 61.4 Å². The van der Waals surface area contributed by atoms with Gasteiger partial charge in [-0.1, -0.05) is 23.7 Å². The molecule has 2 N–H and O–H groups in total. The second-order valence-electron chi connectivity index (χ2n) is 6.45. The standard InChI is InChI=1S/C20H22ClN3O2/c1-14-2-3-15(12-18(14)21)4-9-19(25)23-16-5-7-17(8-6-16)24-11-10-22-20(26)13-24/h2-3,5-8,12H,4,9-11,13H2,1H3,(H,22,26)(H,23,25). The first-order valence-electron chi connectivity index (χ1n) is 8.68. The van der Waals surface area contributed by atoms with Crippen molar-refractivity contribution < 1.29 is 9.59 Å². The molecule has 0 radical (unpaired) electrons. The third-order valence-electron chi connectivity index (χ3n) is 4.43. The summed E-state index contributed by atoms with van der Waals surface area (Å²) < 4.78 is 0. The molecule has 5 nitrogen and oxygen atoms in total. The molecule has 2 aromatic carbocycles. The summed E-state index contributed by atoms with van der Waals surface area (Å²) in [6.45, 7) is 3.76. The zero-order chi connectivity index (χ0) is 18.5. The van der Waals surface area contributed by atoms with E-state index in [0.29, 0.717) is 25.9 Å². The predicted octanol–water partition coefficient (Wildman–Crippen LogP) is 3.16. The number of nitrogens with zero attached hydrogens (tertiary/aromatic N) is 1. The first-order valence-corrected chi connectivity index (χ1v) is 9.05. The lowest BCUT2D eigenvalue weighted by molar-refractivity contribution is -0.120. The van der Waals surface area contributed by atoms with E-state index in [1.165, 1.54) is 0 Å². The van der Waals surface area contributed by atoms with Crippen molar-refractivity contribution in [3.05, 3.63) is 58.6 Å². The van der Waals surface area contributed by atoms with E-state index in [1.54, 1.807) is 0 Å². The van der Waals surface area contributed by atoms with Gasteiger partial charge in [0.2, 0.25) is 11.8 Å². The minimum absolute atomic E-state index is 0.0323. The number of piperazine rings is 1. The summed E-state index contributed by atoms with van der Waals surface area (Å²) in [7, 11) is 0. The van der Waals surface area contributed by atoms with Crippen LogP contribution in [0, 0.1) is 6.92 Å². The Balaban J connectivity index is 1.52. The third-order valence-corrected chi connectivity index (χ3v) is 4.84. The minimum Gasteiger partial charge on any atom is -0.360 e. The van der Waals surface area contributed by atoms with Crippen molar-refractivity contribution in [2.75, 3.05) is 29.9 Å². The van der Waals surface area contributed by atoms with E-state index >= 15 is 0 Å². The smallest absolute Gasteiger partial charge is 0.239 e. The highest BCUT2D eigenvalue weighted by Gasteiger charge is 2.16. The van der Waals surface area contributed by atoms with Gasteiger partial charge in [0, 0.05) is 35.9 Å². The van der Waals surface area contributed by atoms with Crippen LogP contribution in [0.1, 0.15) is 17.5 Å². The van der Waals surface area contributed by atoms with E-state index in [4.69, 9.17) is 11.6 Å². The van der Waals surface area contributed by atoms with E-state index < -0.39 is 0 Å². The lowest BCUT2D eigenvalue weighted by atomic mass is 10.1. The van der Waals surface area contributed by atoms with Gasteiger partial charge in [0.25, 0.3) is 0 Å². The molecule has 2 amide bonds. The van der Waals surface area contributed by atoms with Crippen LogP contribution < -0.4 is 15.5 Å². The van der Waals surface area contributed by atoms with Gasteiger partial charge in [0.15, 0.2) is 0 Å². The Kier molecular flexibility index (Phi) is 5.78. The first-order chi connectivity index (χ1) is 12.5. The van der Waals surface area contributed by atoms with E-state index in [0.717, 1.165) is 34.1 Å². The lowest BCUT2D eigenvalue weighted by Gasteiger charge is -2.28. The molecular formula is C20H22ClN3O2. The Bertz CT molecular complexity index is 805. The van der Waals surface area contributed by atoms with Gasteiger partial charge in [-0.25, -0.2) is 0 Å². The van der Waals surface area contributed by atoms with Crippen molar-refractivity contribution in [3.8, 4) is 0 Å².